The van der Waals surface area contributed by atoms with E-state index in [9.17, 15) is 4.79 Å². The highest BCUT2D eigenvalue weighted by atomic mass is 79.9. The number of anilines is 1. The summed E-state index contributed by atoms with van der Waals surface area (Å²) in [6, 6.07) is 7.51. The second-order valence-corrected chi connectivity index (χ2v) is 3.70. The van der Waals surface area contributed by atoms with Crippen molar-refractivity contribution in [2.75, 3.05) is 18.5 Å². The van der Waals surface area contributed by atoms with Crippen LogP contribution in [0.15, 0.2) is 28.7 Å². The largest absolute Gasteiger partial charge is 0.338 e. The third kappa shape index (κ3) is 2.48. The molecule has 0 saturated carbocycles. The van der Waals surface area contributed by atoms with Gasteiger partial charge in [-0.1, -0.05) is 12.1 Å². The number of carbonyl (C=O) groups excluding carboxylic acids is 1. The zero-order chi connectivity index (χ0) is 10.6. The van der Waals surface area contributed by atoms with Crippen LogP contribution < -0.4 is 10.2 Å². The first-order valence-electron chi connectivity index (χ1n) is 4.43. The Balaban J connectivity index is 2.84. The fourth-order valence-corrected chi connectivity index (χ4v) is 1.65. The van der Waals surface area contributed by atoms with Gasteiger partial charge in [0.25, 0.3) is 0 Å². The molecule has 0 aromatic heterocycles. The normalized spacial score (nSPS) is 9.64. The molecule has 1 aromatic carbocycles. The number of para-hydroxylation sites is 1. The fourth-order valence-electron chi connectivity index (χ4n) is 1.10. The lowest BCUT2D eigenvalue weighted by atomic mass is 10.3. The van der Waals surface area contributed by atoms with Gasteiger partial charge in [-0.2, -0.15) is 0 Å². The van der Waals surface area contributed by atoms with Gasteiger partial charge in [0, 0.05) is 18.1 Å². The number of carbonyl (C=O) groups is 1. The lowest BCUT2D eigenvalue weighted by Crippen LogP contribution is -2.37. The molecule has 0 saturated heterocycles. The molecule has 0 atom stereocenters. The number of urea groups is 1. The van der Waals surface area contributed by atoms with Crippen LogP contribution in [0.1, 0.15) is 6.92 Å². The van der Waals surface area contributed by atoms with E-state index in [2.05, 4.69) is 21.2 Å². The zero-order valence-corrected chi connectivity index (χ0v) is 9.84. The van der Waals surface area contributed by atoms with Gasteiger partial charge in [0.15, 0.2) is 0 Å². The second kappa shape index (κ2) is 5.00. The monoisotopic (exact) mass is 256 g/mol. The maximum Gasteiger partial charge on any atom is 0.321 e. The van der Waals surface area contributed by atoms with Crippen molar-refractivity contribution >= 4 is 27.6 Å². The molecule has 4 heteroatoms. The first-order chi connectivity index (χ1) is 6.66. The van der Waals surface area contributed by atoms with Crippen LogP contribution in [0.25, 0.3) is 0 Å². The highest BCUT2D eigenvalue weighted by molar-refractivity contribution is 9.10. The van der Waals surface area contributed by atoms with Crippen molar-refractivity contribution in [3.63, 3.8) is 0 Å². The molecule has 0 radical (unpaired) electrons. The molecule has 76 valence electrons. The Morgan fingerprint density at radius 2 is 2.14 bits per heavy atom. The van der Waals surface area contributed by atoms with Crippen LogP contribution in [0.2, 0.25) is 0 Å². The maximum absolute atomic E-state index is 11.5. The molecule has 0 aliphatic carbocycles. The van der Waals surface area contributed by atoms with Crippen molar-refractivity contribution < 1.29 is 4.79 Å². The highest BCUT2D eigenvalue weighted by Gasteiger charge is 2.11. The smallest absolute Gasteiger partial charge is 0.321 e. The van der Waals surface area contributed by atoms with Gasteiger partial charge in [-0.15, -0.1) is 0 Å². The molecule has 0 unspecified atom stereocenters. The van der Waals surface area contributed by atoms with E-state index in [1.165, 1.54) is 0 Å². The van der Waals surface area contributed by atoms with Gasteiger partial charge in [-0.05, 0) is 35.0 Å². The Labute approximate surface area is 92.2 Å². The number of hydrogen-bond donors (Lipinski definition) is 1. The van der Waals surface area contributed by atoms with E-state index in [4.69, 9.17) is 0 Å². The number of halogens is 1. The average Bonchev–Trinajstić information content (AvgIpc) is 2.18. The minimum absolute atomic E-state index is 0.0978. The quantitative estimate of drug-likeness (QED) is 0.867. The molecule has 2 amide bonds. The van der Waals surface area contributed by atoms with E-state index >= 15 is 0 Å². The van der Waals surface area contributed by atoms with Crippen LogP contribution >= 0.6 is 15.9 Å². The molecule has 1 N–H and O–H groups in total. The van der Waals surface area contributed by atoms with Crippen LogP contribution in [-0.2, 0) is 0 Å². The van der Waals surface area contributed by atoms with E-state index in [0.717, 1.165) is 10.2 Å². The van der Waals surface area contributed by atoms with E-state index < -0.39 is 0 Å². The molecular formula is C10H13BrN2O. The number of nitrogens with one attached hydrogen (secondary N) is 1. The molecule has 0 aliphatic heterocycles. The minimum Gasteiger partial charge on any atom is -0.338 e. The van der Waals surface area contributed by atoms with Gasteiger partial charge in [-0.25, -0.2) is 4.79 Å². The molecule has 0 aliphatic rings. The molecule has 1 aromatic rings. The predicted molar refractivity (Wildman–Crippen MR) is 61.6 cm³/mol. The standard InChI is InChI=1S/C10H13BrN2O/c1-3-12-10(14)13(2)9-7-5-4-6-8(9)11/h4-7H,3H2,1-2H3,(H,12,14). The van der Waals surface area contributed by atoms with Gasteiger partial charge >= 0.3 is 6.03 Å². The molecule has 0 bridgehead atoms. The van der Waals surface area contributed by atoms with Crippen molar-refractivity contribution in [1.29, 1.82) is 0 Å². The topological polar surface area (TPSA) is 32.3 Å². The minimum atomic E-state index is -0.0978. The van der Waals surface area contributed by atoms with Crippen molar-refractivity contribution in [3.8, 4) is 0 Å². The van der Waals surface area contributed by atoms with E-state index in [0.29, 0.717) is 6.54 Å². The van der Waals surface area contributed by atoms with Gasteiger partial charge in [-0.3, -0.25) is 4.90 Å². The molecule has 0 fully saturated rings. The fraction of sp³-hybridized carbons (Fsp3) is 0.300. The average molecular weight is 257 g/mol. The van der Waals surface area contributed by atoms with Crippen LogP contribution in [0, 0.1) is 0 Å². The van der Waals surface area contributed by atoms with Crippen molar-refractivity contribution in [2.45, 2.75) is 6.92 Å². The molecule has 0 spiro atoms. The third-order valence-corrected chi connectivity index (χ3v) is 2.52. The predicted octanol–water partition coefficient (Wildman–Crippen LogP) is 2.61. The summed E-state index contributed by atoms with van der Waals surface area (Å²) in [6.45, 7) is 2.53. The summed E-state index contributed by atoms with van der Waals surface area (Å²) in [4.78, 5) is 13.1. The molecule has 1 rings (SSSR count). The van der Waals surface area contributed by atoms with Crippen molar-refractivity contribution in [2.24, 2.45) is 0 Å². The summed E-state index contributed by atoms with van der Waals surface area (Å²) in [5, 5.41) is 2.74. The molecular weight excluding hydrogens is 244 g/mol. The molecule has 0 heterocycles. The first-order valence-corrected chi connectivity index (χ1v) is 5.22. The van der Waals surface area contributed by atoms with Gasteiger partial charge in [0.2, 0.25) is 0 Å². The maximum atomic E-state index is 11.5. The van der Waals surface area contributed by atoms with Gasteiger partial charge < -0.3 is 5.32 Å². The van der Waals surface area contributed by atoms with Crippen LogP contribution in [0.4, 0.5) is 10.5 Å². The Kier molecular flexibility index (Phi) is 3.95. The third-order valence-electron chi connectivity index (χ3n) is 1.85. The van der Waals surface area contributed by atoms with Crippen LogP contribution in [0.3, 0.4) is 0 Å². The lowest BCUT2D eigenvalue weighted by Gasteiger charge is -2.18. The van der Waals surface area contributed by atoms with Crippen LogP contribution in [-0.4, -0.2) is 19.6 Å². The van der Waals surface area contributed by atoms with Gasteiger partial charge in [0.1, 0.15) is 0 Å². The van der Waals surface area contributed by atoms with Gasteiger partial charge in [0.05, 0.1) is 5.69 Å². The summed E-state index contributed by atoms with van der Waals surface area (Å²) >= 11 is 3.39. The van der Waals surface area contributed by atoms with E-state index in [-0.39, 0.29) is 6.03 Å². The Morgan fingerprint density at radius 1 is 1.50 bits per heavy atom. The summed E-state index contributed by atoms with van der Waals surface area (Å²) in [5.74, 6) is 0. The number of benzene rings is 1. The SMILES string of the molecule is CCNC(=O)N(C)c1ccccc1Br. The summed E-state index contributed by atoms with van der Waals surface area (Å²) in [7, 11) is 1.74. The van der Waals surface area contributed by atoms with Crippen molar-refractivity contribution in [1.82, 2.24) is 5.32 Å². The highest BCUT2D eigenvalue weighted by Crippen LogP contribution is 2.24. The van der Waals surface area contributed by atoms with Crippen molar-refractivity contribution in [3.05, 3.63) is 28.7 Å². The lowest BCUT2D eigenvalue weighted by molar-refractivity contribution is 0.248. The zero-order valence-electron chi connectivity index (χ0n) is 8.25. The number of amides is 2. The first kappa shape index (κ1) is 11.0. The Morgan fingerprint density at radius 3 is 2.71 bits per heavy atom. The van der Waals surface area contributed by atoms with E-state index in [1.54, 1.807) is 11.9 Å². The second-order valence-electron chi connectivity index (χ2n) is 2.85. The van der Waals surface area contributed by atoms with E-state index in [1.807, 2.05) is 31.2 Å². The summed E-state index contributed by atoms with van der Waals surface area (Å²) in [6.07, 6.45) is 0. The number of hydrogen-bond acceptors (Lipinski definition) is 1. The molecule has 3 nitrogen and oxygen atoms in total. The summed E-state index contributed by atoms with van der Waals surface area (Å²) < 4.78 is 0.911. The molecule has 14 heavy (non-hydrogen) atoms. The Bertz CT molecular complexity index is 328. The summed E-state index contributed by atoms with van der Waals surface area (Å²) in [5.41, 5.74) is 0.860. The van der Waals surface area contributed by atoms with Crippen LogP contribution in [0.5, 0.6) is 0 Å². The number of nitrogens with zero attached hydrogens (tertiary/aromatic N) is 1. The number of rotatable bonds is 2. The Hall–Kier alpha value is -1.03.